The standard InChI is InChI=1S/C18H18N2O5/c21-20(22)17-7-1-2-8-18(17)25-12-9-19(13-15-5-3-10-23-15)14-16-6-4-11-24-16/h1-8,10-11H,9,12-14H2. The second-order valence-corrected chi connectivity index (χ2v) is 5.44. The molecule has 1 aromatic carbocycles. The van der Waals surface area contributed by atoms with Crippen molar-refractivity contribution in [2.75, 3.05) is 13.2 Å². The van der Waals surface area contributed by atoms with Crippen molar-refractivity contribution in [3.8, 4) is 5.75 Å². The van der Waals surface area contributed by atoms with Gasteiger partial charge in [0.05, 0.1) is 30.5 Å². The quantitative estimate of drug-likeness (QED) is 0.434. The Morgan fingerprint density at radius 1 is 0.960 bits per heavy atom. The maximum atomic E-state index is 11.0. The van der Waals surface area contributed by atoms with E-state index in [9.17, 15) is 10.1 Å². The molecule has 0 unspecified atom stereocenters. The van der Waals surface area contributed by atoms with Crippen LogP contribution in [0, 0.1) is 10.1 Å². The number of ether oxygens (including phenoxy) is 1. The van der Waals surface area contributed by atoms with Gasteiger partial charge in [0, 0.05) is 12.6 Å². The number of hydrogen-bond donors (Lipinski definition) is 0. The molecule has 0 saturated carbocycles. The van der Waals surface area contributed by atoms with E-state index in [2.05, 4.69) is 4.90 Å². The van der Waals surface area contributed by atoms with Crippen molar-refractivity contribution in [2.24, 2.45) is 0 Å². The van der Waals surface area contributed by atoms with Crippen LogP contribution in [0.4, 0.5) is 5.69 Å². The van der Waals surface area contributed by atoms with Crippen LogP contribution in [0.25, 0.3) is 0 Å². The maximum absolute atomic E-state index is 11.0. The predicted octanol–water partition coefficient (Wildman–Crippen LogP) is 3.86. The molecule has 2 aromatic heterocycles. The number of benzene rings is 1. The fourth-order valence-corrected chi connectivity index (χ4v) is 2.47. The van der Waals surface area contributed by atoms with Gasteiger partial charge in [-0.05, 0) is 30.3 Å². The third-order valence-corrected chi connectivity index (χ3v) is 3.65. The van der Waals surface area contributed by atoms with Crippen LogP contribution < -0.4 is 4.74 Å². The van der Waals surface area contributed by atoms with Gasteiger partial charge in [-0.15, -0.1) is 0 Å². The fraction of sp³-hybridized carbons (Fsp3) is 0.222. The topological polar surface area (TPSA) is 81.9 Å². The lowest BCUT2D eigenvalue weighted by molar-refractivity contribution is -0.385. The van der Waals surface area contributed by atoms with Gasteiger partial charge in [-0.25, -0.2) is 0 Å². The molecule has 0 aliphatic rings. The first-order valence-electron chi connectivity index (χ1n) is 7.86. The number of nitrogens with zero attached hydrogens (tertiary/aromatic N) is 2. The highest BCUT2D eigenvalue weighted by molar-refractivity contribution is 5.45. The summed E-state index contributed by atoms with van der Waals surface area (Å²) >= 11 is 0. The lowest BCUT2D eigenvalue weighted by atomic mass is 10.3. The minimum atomic E-state index is -0.446. The summed E-state index contributed by atoms with van der Waals surface area (Å²) in [5.41, 5.74) is -0.0360. The monoisotopic (exact) mass is 342 g/mol. The number of nitro groups is 1. The Morgan fingerprint density at radius 3 is 2.16 bits per heavy atom. The van der Waals surface area contributed by atoms with E-state index in [1.54, 1.807) is 30.7 Å². The number of para-hydroxylation sites is 2. The Labute approximate surface area is 144 Å². The number of hydrogen-bond acceptors (Lipinski definition) is 6. The summed E-state index contributed by atoms with van der Waals surface area (Å²) < 4.78 is 16.4. The molecular formula is C18H18N2O5. The number of rotatable bonds is 9. The zero-order valence-corrected chi connectivity index (χ0v) is 13.5. The van der Waals surface area contributed by atoms with Gasteiger partial charge < -0.3 is 13.6 Å². The van der Waals surface area contributed by atoms with Crippen molar-refractivity contribution in [3.63, 3.8) is 0 Å². The van der Waals surface area contributed by atoms with E-state index >= 15 is 0 Å². The lowest BCUT2D eigenvalue weighted by Crippen LogP contribution is -2.27. The lowest BCUT2D eigenvalue weighted by Gasteiger charge is -2.20. The third kappa shape index (κ3) is 4.71. The zero-order chi connectivity index (χ0) is 17.5. The van der Waals surface area contributed by atoms with Gasteiger partial charge in [-0.2, -0.15) is 0 Å². The van der Waals surface area contributed by atoms with Gasteiger partial charge in [-0.3, -0.25) is 15.0 Å². The molecule has 0 radical (unpaired) electrons. The van der Waals surface area contributed by atoms with E-state index in [0.717, 1.165) is 11.5 Å². The Balaban J connectivity index is 1.61. The van der Waals surface area contributed by atoms with Crippen molar-refractivity contribution in [1.29, 1.82) is 0 Å². The van der Waals surface area contributed by atoms with Gasteiger partial charge >= 0.3 is 5.69 Å². The minimum absolute atomic E-state index is 0.0360. The summed E-state index contributed by atoms with van der Waals surface area (Å²) in [6, 6.07) is 13.8. The average molecular weight is 342 g/mol. The van der Waals surface area contributed by atoms with E-state index in [0.29, 0.717) is 26.2 Å². The van der Waals surface area contributed by atoms with E-state index in [-0.39, 0.29) is 11.4 Å². The van der Waals surface area contributed by atoms with Crippen molar-refractivity contribution >= 4 is 5.69 Å². The smallest absolute Gasteiger partial charge is 0.310 e. The van der Waals surface area contributed by atoms with Crippen LogP contribution in [0.3, 0.4) is 0 Å². The fourth-order valence-electron chi connectivity index (χ4n) is 2.47. The van der Waals surface area contributed by atoms with Crippen LogP contribution in [0.2, 0.25) is 0 Å². The first-order chi connectivity index (χ1) is 12.2. The zero-order valence-electron chi connectivity index (χ0n) is 13.5. The molecule has 3 aromatic rings. The highest BCUT2D eigenvalue weighted by Crippen LogP contribution is 2.25. The molecule has 0 N–H and O–H groups in total. The van der Waals surface area contributed by atoms with Gasteiger partial charge in [-0.1, -0.05) is 12.1 Å². The molecule has 0 aliphatic carbocycles. The first-order valence-corrected chi connectivity index (χ1v) is 7.86. The molecule has 2 heterocycles. The highest BCUT2D eigenvalue weighted by atomic mass is 16.6. The maximum Gasteiger partial charge on any atom is 0.310 e. The SMILES string of the molecule is O=[N+]([O-])c1ccccc1OCCN(Cc1ccco1)Cc1ccco1. The van der Waals surface area contributed by atoms with Crippen LogP contribution in [-0.4, -0.2) is 23.0 Å². The Hall–Kier alpha value is -3.06. The molecule has 130 valence electrons. The summed E-state index contributed by atoms with van der Waals surface area (Å²) in [5.74, 6) is 1.93. The number of nitro benzene ring substituents is 1. The van der Waals surface area contributed by atoms with E-state index in [1.165, 1.54) is 6.07 Å². The van der Waals surface area contributed by atoms with E-state index in [4.69, 9.17) is 13.6 Å². The van der Waals surface area contributed by atoms with Crippen LogP contribution in [-0.2, 0) is 13.1 Å². The highest BCUT2D eigenvalue weighted by Gasteiger charge is 2.15. The Bertz CT molecular complexity index is 747. The largest absolute Gasteiger partial charge is 0.485 e. The minimum Gasteiger partial charge on any atom is -0.485 e. The van der Waals surface area contributed by atoms with Crippen LogP contribution in [0.15, 0.2) is 69.9 Å². The second-order valence-electron chi connectivity index (χ2n) is 5.44. The van der Waals surface area contributed by atoms with Gasteiger partial charge in [0.15, 0.2) is 5.75 Å². The molecule has 0 spiro atoms. The van der Waals surface area contributed by atoms with Gasteiger partial charge in [0.25, 0.3) is 0 Å². The molecule has 0 atom stereocenters. The first kappa shape index (κ1) is 16.8. The second kappa shape index (κ2) is 8.16. The molecule has 0 saturated heterocycles. The molecule has 7 nitrogen and oxygen atoms in total. The molecule has 0 fully saturated rings. The van der Waals surface area contributed by atoms with Crippen molar-refractivity contribution in [1.82, 2.24) is 4.90 Å². The van der Waals surface area contributed by atoms with Gasteiger partial charge in [0.1, 0.15) is 18.1 Å². The van der Waals surface area contributed by atoms with E-state index < -0.39 is 4.92 Å². The predicted molar refractivity (Wildman–Crippen MR) is 90.1 cm³/mol. The molecule has 0 bridgehead atoms. The summed E-state index contributed by atoms with van der Waals surface area (Å²) in [6.45, 7) is 2.06. The van der Waals surface area contributed by atoms with Crippen molar-refractivity contribution < 1.29 is 18.5 Å². The molecule has 3 rings (SSSR count). The summed E-state index contributed by atoms with van der Waals surface area (Å²) in [5, 5.41) is 11.0. The Kier molecular flexibility index (Phi) is 5.48. The summed E-state index contributed by atoms with van der Waals surface area (Å²) in [7, 11) is 0. The number of furan rings is 2. The molecule has 7 heteroatoms. The van der Waals surface area contributed by atoms with Crippen molar-refractivity contribution in [2.45, 2.75) is 13.1 Å². The summed E-state index contributed by atoms with van der Waals surface area (Å²) in [4.78, 5) is 12.7. The van der Waals surface area contributed by atoms with Crippen LogP contribution in [0.5, 0.6) is 5.75 Å². The third-order valence-electron chi connectivity index (χ3n) is 3.65. The van der Waals surface area contributed by atoms with Crippen molar-refractivity contribution in [3.05, 3.63) is 82.7 Å². The molecule has 0 aliphatic heterocycles. The normalized spacial score (nSPS) is 10.9. The van der Waals surface area contributed by atoms with Crippen LogP contribution >= 0.6 is 0 Å². The molecule has 0 amide bonds. The molecule has 25 heavy (non-hydrogen) atoms. The average Bonchev–Trinajstić information content (AvgIpc) is 3.29. The van der Waals surface area contributed by atoms with E-state index in [1.807, 2.05) is 24.3 Å². The van der Waals surface area contributed by atoms with Crippen LogP contribution in [0.1, 0.15) is 11.5 Å². The summed E-state index contributed by atoms with van der Waals surface area (Å²) in [6.07, 6.45) is 3.26. The molecular weight excluding hydrogens is 324 g/mol. The Morgan fingerprint density at radius 2 is 1.60 bits per heavy atom. The van der Waals surface area contributed by atoms with Gasteiger partial charge in [0.2, 0.25) is 0 Å².